The third-order valence-electron chi connectivity index (χ3n) is 5.34. The van der Waals surface area contributed by atoms with Crippen LogP contribution >= 0.6 is 0 Å². The van der Waals surface area contributed by atoms with Crippen molar-refractivity contribution in [3.05, 3.63) is 48.0 Å². The summed E-state index contributed by atoms with van der Waals surface area (Å²) in [5, 5.41) is 14.5. The molecule has 2 N–H and O–H groups in total. The van der Waals surface area contributed by atoms with E-state index in [-0.39, 0.29) is 18.6 Å². The van der Waals surface area contributed by atoms with Crippen LogP contribution < -0.4 is 5.32 Å². The van der Waals surface area contributed by atoms with Crippen molar-refractivity contribution in [2.45, 2.75) is 44.8 Å². The van der Waals surface area contributed by atoms with Crippen molar-refractivity contribution in [1.29, 1.82) is 0 Å². The summed E-state index contributed by atoms with van der Waals surface area (Å²) in [7, 11) is 0. The highest BCUT2D eigenvalue weighted by Gasteiger charge is 2.22. The van der Waals surface area contributed by atoms with Gasteiger partial charge in [-0.1, -0.05) is 42.5 Å². The Morgan fingerprint density at radius 1 is 1.21 bits per heavy atom. The zero-order valence-electron chi connectivity index (χ0n) is 16.8. The Morgan fingerprint density at radius 2 is 2.00 bits per heavy atom. The van der Waals surface area contributed by atoms with Crippen LogP contribution in [0.15, 0.2) is 42.5 Å². The van der Waals surface area contributed by atoms with E-state index < -0.39 is 18.0 Å². The first-order valence-corrected chi connectivity index (χ1v) is 10.2. The molecule has 6 nitrogen and oxygen atoms in total. The standard InChI is InChI=1S/C23H29NO5/c1-16(29-15-21-8-4-5-11-28-21)22(25)24-14-20(23(26)27)13-17-9-10-18-6-2-3-7-19(18)12-17/h2-3,6-7,9-10,12,16,20-21H,4-5,8,11,13-15H2,1H3,(H,24,25)(H,26,27). The summed E-state index contributed by atoms with van der Waals surface area (Å²) in [6.45, 7) is 2.86. The number of hydrogen-bond acceptors (Lipinski definition) is 4. The lowest BCUT2D eigenvalue weighted by Crippen LogP contribution is -2.41. The predicted molar refractivity (Wildman–Crippen MR) is 111 cm³/mol. The van der Waals surface area contributed by atoms with Gasteiger partial charge in [-0.15, -0.1) is 0 Å². The van der Waals surface area contributed by atoms with Gasteiger partial charge in [-0.2, -0.15) is 0 Å². The maximum Gasteiger partial charge on any atom is 0.308 e. The quantitative estimate of drug-likeness (QED) is 0.677. The molecule has 1 amide bonds. The third-order valence-corrected chi connectivity index (χ3v) is 5.34. The maximum atomic E-state index is 12.3. The van der Waals surface area contributed by atoms with Gasteiger partial charge in [-0.05, 0) is 48.9 Å². The van der Waals surface area contributed by atoms with Crippen molar-refractivity contribution in [1.82, 2.24) is 5.32 Å². The zero-order valence-corrected chi connectivity index (χ0v) is 16.8. The van der Waals surface area contributed by atoms with Gasteiger partial charge in [0.25, 0.3) is 0 Å². The molecule has 1 aliphatic rings. The molecule has 0 aromatic heterocycles. The highest BCUT2D eigenvalue weighted by molar-refractivity contribution is 5.83. The van der Waals surface area contributed by atoms with E-state index in [0.717, 1.165) is 42.2 Å². The van der Waals surface area contributed by atoms with Gasteiger partial charge in [-0.25, -0.2) is 0 Å². The molecular formula is C23H29NO5. The third kappa shape index (κ3) is 6.27. The second kappa shape index (κ2) is 10.4. The van der Waals surface area contributed by atoms with E-state index >= 15 is 0 Å². The van der Waals surface area contributed by atoms with E-state index in [1.165, 1.54) is 0 Å². The molecule has 0 bridgehead atoms. The maximum absolute atomic E-state index is 12.3. The summed E-state index contributed by atoms with van der Waals surface area (Å²) in [6.07, 6.45) is 2.88. The summed E-state index contributed by atoms with van der Waals surface area (Å²) in [5.74, 6) is -1.93. The molecule has 1 fully saturated rings. The molecule has 3 atom stereocenters. The number of benzene rings is 2. The number of carbonyl (C=O) groups is 2. The number of carboxylic acid groups (broad SMARTS) is 1. The Bertz CT molecular complexity index is 831. The van der Waals surface area contributed by atoms with Crippen LogP contribution in [0.3, 0.4) is 0 Å². The van der Waals surface area contributed by atoms with Crippen molar-refractivity contribution in [2.75, 3.05) is 19.8 Å². The first kappa shape index (κ1) is 21.3. The highest BCUT2D eigenvalue weighted by atomic mass is 16.5. The molecule has 1 saturated heterocycles. The van der Waals surface area contributed by atoms with Gasteiger partial charge < -0.3 is 19.9 Å². The highest BCUT2D eigenvalue weighted by Crippen LogP contribution is 2.18. The topological polar surface area (TPSA) is 84.9 Å². The average Bonchev–Trinajstić information content (AvgIpc) is 2.75. The molecule has 0 saturated carbocycles. The van der Waals surface area contributed by atoms with Crippen LogP contribution in [-0.4, -0.2) is 48.9 Å². The van der Waals surface area contributed by atoms with E-state index in [9.17, 15) is 14.7 Å². The van der Waals surface area contributed by atoms with Crippen LogP contribution in [-0.2, 0) is 25.5 Å². The molecule has 2 aromatic rings. The van der Waals surface area contributed by atoms with E-state index in [0.29, 0.717) is 13.0 Å². The van der Waals surface area contributed by atoms with Crippen molar-refractivity contribution in [2.24, 2.45) is 5.92 Å². The number of hydrogen-bond donors (Lipinski definition) is 2. The van der Waals surface area contributed by atoms with Crippen LogP contribution in [0.4, 0.5) is 0 Å². The van der Waals surface area contributed by atoms with Gasteiger partial charge >= 0.3 is 5.97 Å². The molecule has 2 aromatic carbocycles. The Morgan fingerprint density at radius 3 is 2.72 bits per heavy atom. The van der Waals surface area contributed by atoms with Crippen LogP contribution in [0.2, 0.25) is 0 Å². The lowest BCUT2D eigenvalue weighted by atomic mass is 9.97. The summed E-state index contributed by atoms with van der Waals surface area (Å²) in [4.78, 5) is 24.0. The Hall–Kier alpha value is -2.44. The fourth-order valence-corrected chi connectivity index (χ4v) is 3.53. The normalized spacial score (nSPS) is 18.9. The van der Waals surface area contributed by atoms with Crippen molar-refractivity contribution in [3.63, 3.8) is 0 Å². The monoisotopic (exact) mass is 399 g/mol. The molecule has 1 aliphatic heterocycles. The van der Waals surface area contributed by atoms with E-state index in [4.69, 9.17) is 9.47 Å². The number of carbonyl (C=O) groups excluding carboxylic acids is 1. The van der Waals surface area contributed by atoms with Gasteiger partial charge in [0.2, 0.25) is 5.91 Å². The number of aliphatic carboxylic acids is 1. The number of fused-ring (bicyclic) bond motifs is 1. The number of amides is 1. The molecule has 3 rings (SSSR count). The smallest absolute Gasteiger partial charge is 0.308 e. The SMILES string of the molecule is CC(OCC1CCCCO1)C(=O)NCC(Cc1ccc2ccccc2c1)C(=O)O. The second-order valence-electron chi connectivity index (χ2n) is 7.63. The molecule has 3 unspecified atom stereocenters. The Kier molecular flexibility index (Phi) is 7.61. The minimum Gasteiger partial charge on any atom is -0.481 e. The molecule has 6 heteroatoms. The molecule has 1 heterocycles. The predicted octanol–water partition coefficient (Wildman–Crippen LogP) is 3.17. The lowest BCUT2D eigenvalue weighted by Gasteiger charge is -2.24. The number of carboxylic acids is 1. The summed E-state index contributed by atoms with van der Waals surface area (Å²) >= 11 is 0. The average molecular weight is 399 g/mol. The Balaban J connectivity index is 1.50. The van der Waals surface area contributed by atoms with Gasteiger partial charge in [0.05, 0.1) is 18.6 Å². The second-order valence-corrected chi connectivity index (χ2v) is 7.63. The summed E-state index contributed by atoms with van der Waals surface area (Å²) in [5.41, 5.74) is 0.934. The molecular weight excluding hydrogens is 370 g/mol. The summed E-state index contributed by atoms with van der Waals surface area (Å²) < 4.78 is 11.2. The van der Waals surface area contributed by atoms with Crippen molar-refractivity contribution >= 4 is 22.6 Å². The first-order chi connectivity index (χ1) is 14.0. The van der Waals surface area contributed by atoms with E-state index in [1.807, 2.05) is 42.5 Å². The van der Waals surface area contributed by atoms with Crippen molar-refractivity contribution < 1.29 is 24.2 Å². The molecule has 156 valence electrons. The largest absolute Gasteiger partial charge is 0.481 e. The lowest BCUT2D eigenvalue weighted by molar-refractivity contribution is -0.142. The fourth-order valence-electron chi connectivity index (χ4n) is 3.53. The van der Waals surface area contributed by atoms with Crippen LogP contribution in [0.25, 0.3) is 10.8 Å². The summed E-state index contributed by atoms with van der Waals surface area (Å²) in [6, 6.07) is 13.9. The van der Waals surface area contributed by atoms with Gasteiger partial charge in [0.1, 0.15) is 6.10 Å². The van der Waals surface area contributed by atoms with E-state index in [1.54, 1.807) is 6.92 Å². The number of ether oxygens (including phenoxy) is 2. The first-order valence-electron chi connectivity index (χ1n) is 10.2. The molecule has 29 heavy (non-hydrogen) atoms. The van der Waals surface area contributed by atoms with Crippen LogP contribution in [0, 0.1) is 5.92 Å². The van der Waals surface area contributed by atoms with E-state index in [2.05, 4.69) is 5.32 Å². The zero-order chi connectivity index (χ0) is 20.6. The fraction of sp³-hybridized carbons (Fsp3) is 0.478. The number of nitrogens with one attached hydrogen (secondary N) is 1. The van der Waals surface area contributed by atoms with Gasteiger partial charge in [0, 0.05) is 13.2 Å². The molecule has 0 aliphatic carbocycles. The van der Waals surface area contributed by atoms with Crippen LogP contribution in [0.5, 0.6) is 0 Å². The molecule has 0 spiro atoms. The minimum absolute atomic E-state index is 0.0404. The van der Waals surface area contributed by atoms with Crippen molar-refractivity contribution in [3.8, 4) is 0 Å². The van der Waals surface area contributed by atoms with Gasteiger partial charge in [-0.3, -0.25) is 9.59 Å². The number of rotatable bonds is 9. The van der Waals surface area contributed by atoms with Gasteiger partial charge in [0.15, 0.2) is 0 Å². The van der Waals surface area contributed by atoms with Crippen LogP contribution in [0.1, 0.15) is 31.7 Å². The Labute approximate surface area is 171 Å². The minimum atomic E-state index is -0.928. The molecule has 0 radical (unpaired) electrons.